The van der Waals surface area contributed by atoms with Crippen molar-refractivity contribution in [3.8, 4) is 0 Å². The lowest BCUT2D eigenvalue weighted by Gasteiger charge is -1.71. The van der Waals surface area contributed by atoms with Crippen LogP contribution in [0, 0.1) is 0 Å². The lowest BCUT2D eigenvalue weighted by molar-refractivity contribution is 1.23. The summed E-state index contributed by atoms with van der Waals surface area (Å²) in [6.45, 7) is 0. The number of hydrogen-bond acceptors (Lipinski definition) is 2. The second-order valence-corrected chi connectivity index (χ2v) is 3.34. The van der Waals surface area contributed by atoms with Crippen LogP contribution in [0.15, 0.2) is 22.4 Å². The fourth-order valence-electron chi connectivity index (χ4n) is 0.699. The van der Waals surface area contributed by atoms with E-state index in [1.54, 1.807) is 11.3 Å². The van der Waals surface area contributed by atoms with E-state index in [4.69, 9.17) is 0 Å². The monoisotopic (exact) mass is 202 g/mol. The molecule has 0 radical (unpaired) electrons. The molecule has 0 spiro atoms. The van der Waals surface area contributed by atoms with Gasteiger partial charge in [-0.15, -0.1) is 11.3 Å². The number of fused-ring (bicyclic) bond motifs is 1. The molecule has 2 rings (SSSR count). The van der Waals surface area contributed by atoms with Gasteiger partial charge in [0.1, 0.15) is 4.60 Å². The predicted molar refractivity (Wildman–Crippen MR) is 40.8 cm³/mol. The van der Waals surface area contributed by atoms with Crippen LogP contribution in [-0.4, -0.2) is 9.38 Å². The van der Waals surface area contributed by atoms with E-state index in [0.717, 1.165) is 9.56 Å². The molecule has 0 N–H and O–H groups in total. The van der Waals surface area contributed by atoms with Crippen LogP contribution in [0.1, 0.15) is 0 Å². The number of hydrogen-bond donors (Lipinski definition) is 0. The molecule has 0 aromatic carbocycles. The van der Waals surface area contributed by atoms with E-state index in [1.807, 2.05) is 22.2 Å². The molecule has 0 aliphatic rings. The lowest BCUT2D eigenvalue weighted by Crippen LogP contribution is -1.66. The van der Waals surface area contributed by atoms with Crippen LogP contribution in [0.2, 0.25) is 0 Å². The van der Waals surface area contributed by atoms with Gasteiger partial charge >= 0.3 is 0 Å². The second-order valence-electron chi connectivity index (χ2n) is 1.66. The molecule has 2 aromatic heterocycles. The predicted octanol–water partition coefficient (Wildman–Crippen LogP) is 2.16. The van der Waals surface area contributed by atoms with E-state index in [-0.39, 0.29) is 0 Å². The van der Waals surface area contributed by atoms with Crippen molar-refractivity contribution in [1.29, 1.82) is 0 Å². The fraction of sp³-hybridized carbons (Fsp3) is 0. The van der Waals surface area contributed by atoms with Crippen molar-refractivity contribution in [1.82, 2.24) is 9.38 Å². The van der Waals surface area contributed by atoms with Crippen LogP contribution in [0.25, 0.3) is 4.96 Å². The minimum absolute atomic E-state index is 0.898. The van der Waals surface area contributed by atoms with Crippen LogP contribution < -0.4 is 0 Å². The van der Waals surface area contributed by atoms with Gasteiger partial charge in [0.2, 0.25) is 0 Å². The molecule has 46 valence electrons. The third-order valence-corrected chi connectivity index (χ3v) is 2.22. The first-order valence-electron chi connectivity index (χ1n) is 2.44. The Morgan fingerprint density at radius 2 is 2.56 bits per heavy atom. The number of imidazole rings is 1. The molecule has 0 aliphatic heterocycles. The summed E-state index contributed by atoms with van der Waals surface area (Å²) in [6.07, 6.45) is 3.92. The highest BCUT2D eigenvalue weighted by Gasteiger charge is 1.96. The highest BCUT2D eigenvalue weighted by Crippen LogP contribution is 2.14. The van der Waals surface area contributed by atoms with E-state index in [1.165, 1.54) is 0 Å². The Morgan fingerprint density at radius 3 is 3.33 bits per heavy atom. The molecule has 0 unspecified atom stereocenters. The van der Waals surface area contributed by atoms with E-state index in [0.29, 0.717) is 0 Å². The second kappa shape index (κ2) is 1.82. The zero-order chi connectivity index (χ0) is 6.27. The molecular weight excluding hydrogens is 200 g/mol. The van der Waals surface area contributed by atoms with Gasteiger partial charge < -0.3 is 0 Å². The van der Waals surface area contributed by atoms with Gasteiger partial charge in [-0.25, -0.2) is 4.98 Å². The summed E-state index contributed by atoms with van der Waals surface area (Å²) in [6, 6.07) is 0. The molecule has 0 bridgehead atoms. The third-order valence-electron chi connectivity index (χ3n) is 1.06. The Bertz CT molecular complexity index is 296. The van der Waals surface area contributed by atoms with Gasteiger partial charge in [-0.2, -0.15) is 0 Å². The standard InChI is InChI=1S/C5H3BrN2S/c6-4-3-8-1-2-9-5(8)7-4/h1-3H. The zero-order valence-electron chi connectivity index (χ0n) is 4.41. The van der Waals surface area contributed by atoms with Crippen molar-refractivity contribution >= 4 is 32.2 Å². The normalized spacial score (nSPS) is 10.8. The van der Waals surface area contributed by atoms with Crippen LogP contribution in [-0.2, 0) is 0 Å². The summed E-state index contributed by atoms with van der Waals surface area (Å²) in [5, 5.41) is 2.01. The van der Waals surface area contributed by atoms with Gasteiger partial charge in [0, 0.05) is 17.8 Å². The van der Waals surface area contributed by atoms with Crippen molar-refractivity contribution in [3.05, 3.63) is 22.4 Å². The van der Waals surface area contributed by atoms with Crippen molar-refractivity contribution in [3.63, 3.8) is 0 Å². The van der Waals surface area contributed by atoms with E-state index < -0.39 is 0 Å². The molecule has 0 atom stereocenters. The van der Waals surface area contributed by atoms with E-state index in [9.17, 15) is 0 Å². The first-order chi connectivity index (χ1) is 4.36. The number of halogens is 1. The molecule has 4 heteroatoms. The molecular formula is C5H3BrN2S. The first kappa shape index (κ1) is 5.44. The Balaban J connectivity index is 2.92. The number of aromatic nitrogens is 2. The smallest absolute Gasteiger partial charge is 0.194 e. The topological polar surface area (TPSA) is 17.3 Å². The largest absolute Gasteiger partial charge is 0.297 e. The summed E-state index contributed by atoms with van der Waals surface area (Å²) in [7, 11) is 0. The Kier molecular flexibility index (Phi) is 1.10. The Morgan fingerprint density at radius 1 is 1.67 bits per heavy atom. The average molecular weight is 203 g/mol. The number of nitrogens with zero attached hydrogens (tertiary/aromatic N) is 2. The zero-order valence-corrected chi connectivity index (χ0v) is 6.82. The lowest BCUT2D eigenvalue weighted by atomic mass is 10.9. The van der Waals surface area contributed by atoms with Crippen molar-refractivity contribution < 1.29 is 0 Å². The maximum absolute atomic E-state index is 4.17. The van der Waals surface area contributed by atoms with Gasteiger partial charge in [0.25, 0.3) is 0 Å². The summed E-state index contributed by atoms with van der Waals surface area (Å²) in [5.74, 6) is 0. The van der Waals surface area contributed by atoms with Crippen molar-refractivity contribution in [2.24, 2.45) is 0 Å². The number of thiazole rings is 1. The van der Waals surface area contributed by atoms with Crippen LogP contribution in [0.4, 0.5) is 0 Å². The summed E-state index contributed by atoms with van der Waals surface area (Å²) in [4.78, 5) is 5.20. The minimum Gasteiger partial charge on any atom is -0.297 e. The summed E-state index contributed by atoms with van der Waals surface area (Å²) >= 11 is 4.91. The molecule has 0 aliphatic carbocycles. The van der Waals surface area contributed by atoms with Crippen molar-refractivity contribution in [2.75, 3.05) is 0 Å². The fourth-order valence-corrected chi connectivity index (χ4v) is 1.90. The van der Waals surface area contributed by atoms with Crippen LogP contribution in [0.5, 0.6) is 0 Å². The highest BCUT2D eigenvalue weighted by atomic mass is 79.9. The van der Waals surface area contributed by atoms with Gasteiger partial charge in [-0.1, -0.05) is 0 Å². The van der Waals surface area contributed by atoms with Crippen molar-refractivity contribution in [2.45, 2.75) is 0 Å². The summed E-state index contributed by atoms with van der Waals surface area (Å²) < 4.78 is 2.88. The van der Waals surface area contributed by atoms with E-state index in [2.05, 4.69) is 20.9 Å². The number of rotatable bonds is 0. The molecule has 9 heavy (non-hydrogen) atoms. The molecule has 0 fully saturated rings. The SMILES string of the molecule is Brc1cn2ccsc2n1. The minimum atomic E-state index is 0.898. The van der Waals surface area contributed by atoms with Gasteiger partial charge in [-0.05, 0) is 15.9 Å². The molecule has 2 aromatic rings. The first-order valence-corrected chi connectivity index (χ1v) is 4.11. The maximum Gasteiger partial charge on any atom is 0.194 e. The molecule has 0 saturated heterocycles. The van der Waals surface area contributed by atoms with Gasteiger partial charge in [0.05, 0.1) is 0 Å². The molecule has 2 heterocycles. The molecule has 2 nitrogen and oxygen atoms in total. The maximum atomic E-state index is 4.17. The third kappa shape index (κ3) is 0.784. The van der Waals surface area contributed by atoms with Crippen LogP contribution >= 0.6 is 27.3 Å². The molecule has 0 saturated carbocycles. The highest BCUT2D eigenvalue weighted by molar-refractivity contribution is 9.10. The van der Waals surface area contributed by atoms with Gasteiger partial charge in [0.15, 0.2) is 4.96 Å². The average Bonchev–Trinajstić information content (AvgIpc) is 2.22. The summed E-state index contributed by atoms with van der Waals surface area (Å²) in [5.41, 5.74) is 0. The van der Waals surface area contributed by atoms with Crippen LogP contribution in [0.3, 0.4) is 0 Å². The Hall–Kier alpha value is -0.350. The quantitative estimate of drug-likeness (QED) is 0.641. The Labute approximate surface area is 64.3 Å². The van der Waals surface area contributed by atoms with E-state index >= 15 is 0 Å². The van der Waals surface area contributed by atoms with Gasteiger partial charge in [-0.3, -0.25) is 4.40 Å². The molecule has 0 amide bonds.